The predicted molar refractivity (Wildman–Crippen MR) is 78.1 cm³/mol. The molecule has 2 rings (SSSR count). The Bertz CT molecular complexity index is 542. The predicted octanol–water partition coefficient (Wildman–Crippen LogP) is 2.37. The second kappa shape index (κ2) is 6.50. The molecule has 1 atom stereocenters. The number of nitrogens with zero attached hydrogens (tertiary/aromatic N) is 1. The zero-order valence-electron chi connectivity index (χ0n) is 11.3. The highest BCUT2D eigenvalue weighted by atomic mass is 16.5. The van der Waals surface area contributed by atoms with E-state index in [1.54, 1.807) is 13.3 Å². The highest BCUT2D eigenvalue weighted by Crippen LogP contribution is 2.29. The van der Waals surface area contributed by atoms with Crippen molar-refractivity contribution in [3.63, 3.8) is 0 Å². The van der Waals surface area contributed by atoms with Crippen LogP contribution < -0.4 is 16.2 Å². The van der Waals surface area contributed by atoms with Gasteiger partial charge in [0.15, 0.2) is 0 Å². The number of unbranched alkanes of at least 4 members (excludes halogenated alkanes) is 1. The Morgan fingerprint density at radius 3 is 2.84 bits per heavy atom. The summed E-state index contributed by atoms with van der Waals surface area (Å²) in [5, 5.41) is 1.07. The van der Waals surface area contributed by atoms with E-state index in [9.17, 15) is 0 Å². The monoisotopic (exact) mass is 259 g/mol. The average molecular weight is 259 g/mol. The summed E-state index contributed by atoms with van der Waals surface area (Å²) in [6, 6.07) is 7.94. The molecule has 1 unspecified atom stereocenters. The van der Waals surface area contributed by atoms with Crippen LogP contribution in [0.25, 0.3) is 10.9 Å². The fourth-order valence-electron chi connectivity index (χ4n) is 2.32. The number of benzene rings is 1. The van der Waals surface area contributed by atoms with Crippen LogP contribution in [-0.4, -0.2) is 18.6 Å². The van der Waals surface area contributed by atoms with E-state index in [4.69, 9.17) is 16.2 Å². The number of hydrogen-bond donors (Lipinski definition) is 2. The first kappa shape index (κ1) is 13.8. The van der Waals surface area contributed by atoms with E-state index in [0.717, 1.165) is 48.0 Å². The maximum Gasteiger partial charge on any atom is 0.145 e. The van der Waals surface area contributed by atoms with Gasteiger partial charge in [-0.15, -0.1) is 0 Å². The Morgan fingerprint density at radius 1 is 1.26 bits per heavy atom. The quantitative estimate of drug-likeness (QED) is 0.781. The summed E-state index contributed by atoms with van der Waals surface area (Å²) in [4.78, 5) is 4.39. The first-order chi connectivity index (χ1) is 9.27. The molecule has 4 nitrogen and oxygen atoms in total. The first-order valence-corrected chi connectivity index (χ1v) is 6.65. The Morgan fingerprint density at radius 2 is 2.11 bits per heavy atom. The normalized spacial score (nSPS) is 12.6. The fraction of sp³-hybridized carbons (Fsp3) is 0.400. The number of ether oxygens (including phenoxy) is 1. The maximum atomic E-state index is 6.28. The molecular weight excluding hydrogens is 238 g/mol. The van der Waals surface area contributed by atoms with Crippen LogP contribution >= 0.6 is 0 Å². The van der Waals surface area contributed by atoms with Crippen LogP contribution in [-0.2, 0) is 0 Å². The summed E-state index contributed by atoms with van der Waals surface area (Å²) in [7, 11) is 1.66. The van der Waals surface area contributed by atoms with Crippen LogP contribution in [0.3, 0.4) is 0 Å². The van der Waals surface area contributed by atoms with Crippen LogP contribution in [0, 0.1) is 0 Å². The lowest BCUT2D eigenvalue weighted by molar-refractivity contribution is 0.419. The summed E-state index contributed by atoms with van der Waals surface area (Å²) in [5.74, 6) is 0.786. The standard InChI is InChI=1S/C15H21N3O/c1-19-14-7-4-5-12-11(8-10-18-15(12)14)13(17)6-2-3-9-16/h4-5,7-8,10,13H,2-3,6,9,16-17H2,1H3. The molecule has 0 aliphatic heterocycles. The molecule has 0 saturated heterocycles. The smallest absolute Gasteiger partial charge is 0.145 e. The number of rotatable bonds is 6. The zero-order valence-corrected chi connectivity index (χ0v) is 11.3. The van der Waals surface area contributed by atoms with Crippen LogP contribution in [0.4, 0.5) is 0 Å². The first-order valence-electron chi connectivity index (χ1n) is 6.65. The van der Waals surface area contributed by atoms with Crippen LogP contribution in [0.15, 0.2) is 30.5 Å². The minimum atomic E-state index is 0.0177. The Kier molecular flexibility index (Phi) is 4.71. The van der Waals surface area contributed by atoms with Gasteiger partial charge in [0.25, 0.3) is 0 Å². The van der Waals surface area contributed by atoms with Gasteiger partial charge in [0.2, 0.25) is 0 Å². The van der Waals surface area contributed by atoms with Crippen molar-refractivity contribution in [2.45, 2.75) is 25.3 Å². The summed E-state index contributed by atoms with van der Waals surface area (Å²) in [5.41, 5.74) is 13.8. The van der Waals surface area contributed by atoms with Crippen molar-refractivity contribution < 1.29 is 4.74 Å². The topological polar surface area (TPSA) is 74.2 Å². The van der Waals surface area contributed by atoms with Crippen molar-refractivity contribution in [3.05, 3.63) is 36.0 Å². The van der Waals surface area contributed by atoms with Crippen molar-refractivity contribution in [1.82, 2.24) is 4.98 Å². The van der Waals surface area contributed by atoms with Crippen molar-refractivity contribution in [1.29, 1.82) is 0 Å². The SMILES string of the molecule is COc1cccc2c(C(N)CCCCN)ccnc12. The van der Waals surface area contributed by atoms with E-state index in [1.807, 2.05) is 24.3 Å². The number of para-hydroxylation sites is 1. The van der Waals surface area contributed by atoms with E-state index in [-0.39, 0.29) is 6.04 Å². The molecule has 1 heterocycles. The molecule has 0 bridgehead atoms. The highest BCUT2D eigenvalue weighted by Gasteiger charge is 2.12. The Labute approximate surface area is 113 Å². The van der Waals surface area contributed by atoms with Gasteiger partial charge in [-0.25, -0.2) is 0 Å². The van der Waals surface area contributed by atoms with E-state index in [2.05, 4.69) is 4.98 Å². The molecule has 0 amide bonds. The van der Waals surface area contributed by atoms with Crippen LogP contribution in [0.5, 0.6) is 5.75 Å². The number of hydrogen-bond acceptors (Lipinski definition) is 4. The number of aromatic nitrogens is 1. The number of nitrogens with two attached hydrogens (primary N) is 2. The van der Waals surface area contributed by atoms with Gasteiger partial charge in [-0.05, 0) is 37.1 Å². The molecule has 0 spiro atoms. The molecule has 0 aliphatic carbocycles. The van der Waals surface area contributed by atoms with E-state index in [1.165, 1.54) is 0 Å². The van der Waals surface area contributed by atoms with Gasteiger partial charge in [-0.3, -0.25) is 4.98 Å². The molecule has 0 aliphatic rings. The van der Waals surface area contributed by atoms with E-state index in [0.29, 0.717) is 0 Å². The molecule has 1 aromatic carbocycles. The van der Waals surface area contributed by atoms with Crippen molar-refractivity contribution in [3.8, 4) is 5.75 Å². The molecule has 0 radical (unpaired) electrons. The number of pyridine rings is 1. The minimum Gasteiger partial charge on any atom is -0.494 e. The molecular formula is C15H21N3O. The zero-order chi connectivity index (χ0) is 13.7. The number of methoxy groups -OCH3 is 1. The van der Waals surface area contributed by atoms with Gasteiger partial charge in [0.1, 0.15) is 11.3 Å². The molecule has 4 heteroatoms. The summed E-state index contributed by atoms with van der Waals surface area (Å²) >= 11 is 0. The van der Waals surface area contributed by atoms with E-state index >= 15 is 0 Å². The summed E-state index contributed by atoms with van der Waals surface area (Å²) in [6.45, 7) is 0.720. The van der Waals surface area contributed by atoms with Crippen molar-refractivity contribution >= 4 is 10.9 Å². The third kappa shape index (κ3) is 3.03. The molecule has 19 heavy (non-hydrogen) atoms. The van der Waals surface area contributed by atoms with Crippen LogP contribution in [0.2, 0.25) is 0 Å². The second-order valence-corrected chi connectivity index (χ2v) is 4.65. The summed E-state index contributed by atoms with van der Waals surface area (Å²) in [6.07, 6.45) is 4.79. The molecule has 2 aromatic rings. The second-order valence-electron chi connectivity index (χ2n) is 4.65. The minimum absolute atomic E-state index is 0.0177. The van der Waals surface area contributed by atoms with Crippen molar-refractivity contribution in [2.24, 2.45) is 11.5 Å². The van der Waals surface area contributed by atoms with Crippen molar-refractivity contribution in [2.75, 3.05) is 13.7 Å². The third-order valence-corrected chi connectivity index (χ3v) is 3.36. The average Bonchev–Trinajstić information content (AvgIpc) is 2.46. The van der Waals surface area contributed by atoms with Gasteiger partial charge < -0.3 is 16.2 Å². The number of fused-ring (bicyclic) bond motifs is 1. The fourth-order valence-corrected chi connectivity index (χ4v) is 2.32. The third-order valence-electron chi connectivity index (χ3n) is 3.36. The maximum absolute atomic E-state index is 6.28. The van der Waals surface area contributed by atoms with Crippen LogP contribution in [0.1, 0.15) is 30.9 Å². The lowest BCUT2D eigenvalue weighted by Crippen LogP contribution is -2.12. The van der Waals surface area contributed by atoms with E-state index < -0.39 is 0 Å². The lowest BCUT2D eigenvalue weighted by Gasteiger charge is -2.15. The van der Waals surface area contributed by atoms with Gasteiger partial charge >= 0.3 is 0 Å². The molecule has 1 aromatic heterocycles. The van der Waals surface area contributed by atoms with Gasteiger partial charge in [-0.2, -0.15) is 0 Å². The molecule has 102 valence electrons. The largest absolute Gasteiger partial charge is 0.494 e. The lowest BCUT2D eigenvalue weighted by atomic mass is 9.98. The highest BCUT2D eigenvalue weighted by molar-refractivity contribution is 5.87. The van der Waals surface area contributed by atoms with Gasteiger partial charge in [0, 0.05) is 17.6 Å². The molecule has 0 saturated carbocycles. The molecule has 4 N–H and O–H groups in total. The van der Waals surface area contributed by atoms with Gasteiger partial charge in [-0.1, -0.05) is 18.6 Å². The Balaban J connectivity index is 2.33. The molecule has 0 fully saturated rings. The van der Waals surface area contributed by atoms with Gasteiger partial charge in [0.05, 0.1) is 7.11 Å². The summed E-state index contributed by atoms with van der Waals surface area (Å²) < 4.78 is 5.34. The Hall–Kier alpha value is -1.65.